The molecule has 0 aromatic heterocycles. The highest BCUT2D eigenvalue weighted by Gasteiger charge is 2.20. The van der Waals surface area contributed by atoms with Crippen molar-refractivity contribution in [3.05, 3.63) is 11.8 Å². The summed E-state index contributed by atoms with van der Waals surface area (Å²) < 4.78 is 0. The molecule has 0 heterocycles. The van der Waals surface area contributed by atoms with Crippen LogP contribution in [0, 0.1) is 5.92 Å². The number of hydrogen-bond donors (Lipinski definition) is 0. The molecule has 1 unspecified atom stereocenters. The Balaban J connectivity index is 2.67. The summed E-state index contributed by atoms with van der Waals surface area (Å²) in [5.74, 6) is 1.01. The van der Waals surface area contributed by atoms with E-state index in [0.717, 1.165) is 24.8 Å². The maximum absolute atomic E-state index is 11.4. The van der Waals surface area contributed by atoms with Gasteiger partial charge in [-0.15, -0.1) is 0 Å². The predicted molar refractivity (Wildman–Crippen MR) is 49.8 cm³/mol. The number of allylic oxidation sites excluding steroid dienone is 1. The minimum absolute atomic E-state index is 0.335. The van der Waals surface area contributed by atoms with Gasteiger partial charge in [-0.1, -0.05) is 6.92 Å². The fraction of sp³-hybridized carbons (Fsp3) is 0.700. The largest absolute Gasteiger partial charge is 0.383 e. The van der Waals surface area contributed by atoms with E-state index in [9.17, 15) is 4.79 Å². The highest BCUT2D eigenvalue weighted by atomic mass is 16.1. The van der Waals surface area contributed by atoms with E-state index >= 15 is 0 Å². The first-order valence-corrected chi connectivity index (χ1v) is 4.50. The van der Waals surface area contributed by atoms with Crippen molar-refractivity contribution < 1.29 is 4.79 Å². The second-order valence-corrected chi connectivity index (χ2v) is 3.89. The van der Waals surface area contributed by atoms with E-state index in [1.165, 1.54) is 0 Å². The molecule has 0 aliphatic heterocycles. The molecule has 68 valence electrons. The summed E-state index contributed by atoms with van der Waals surface area (Å²) in [7, 11) is 3.92. The number of carbonyl (C=O) groups is 1. The standard InChI is InChI=1S/C10H17NO/c1-8-4-5-10(12)9(6-8)7-11(2)3/h7-8H,4-6H2,1-3H3/b9-7+. The van der Waals surface area contributed by atoms with Gasteiger partial charge in [0, 0.05) is 32.3 Å². The third-order valence-electron chi connectivity index (χ3n) is 2.20. The van der Waals surface area contributed by atoms with Crippen LogP contribution in [0.2, 0.25) is 0 Å². The van der Waals surface area contributed by atoms with Gasteiger partial charge in [0.25, 0.3) is 0 Å². The van der Waals surface area contributed by atoms with Gasteiger partial charge in [-0.3, -0.25) is 4.79 Å². The molecule has 0 N–H and O–H groups in total. The Labute approximate surface area is 74.2 Å². The highest BCUT2D eigenvalue weighted by Crippen LogP contribution is 2.25. The van der Waals surface area contributed by atoms with Crippen LogP contribution in [0.5, 0.6) is 0 Å². The Morgan fingerprint density at radius 3 is 2.75 bits per heavy atom. The van der Waals surface area contributed by atoms with E-state index in [4.69, 9.17) is 0 Å². The van der Waals surface area contributed by atoms with Crippen molar-refractivity contribution in [3.8, 4) is 0 Å². The van der Waals surface area contributed by atoms with Crippen LogP contribution in [0.25, 0.3) is 0 Å². The number of nitrogens with zero attached hydrogens (tertiary/aromatic N) is 1. The molecule has 0 radical (unpaired) electrons. The topological polar surface area (TPSA) is 20.3 Å². The summed E-state index contributed by atoms with van der Waals surface area (Å²) in [6.07, 6.45) is 4.71. The third kappa shape index (κ3) is 2.36. The van der Waals surface area contributed by atoms with Crippen molar-refractivity contribution in [1.82, 2.24) is 4.90 Å². The monoisotopic (exact) mass is 167 g/mol. The molecule has 0 spiro atoms. The lowest BCUT2D eigenvalue weighted by atomic mass is 9.86. The zero-order chi connectivity index (χ0) is 9.14. The number of Topliss-reactive ketones (excluding diaryl/α,β-unsaturated/α-hetero) is 1. The van der Waals surface area contributed by atoms with Crippen LogP contribution in [-0.4, -0.2) is 24.8 Å². The molecule has 1 rings (SSSR count). The fourth-order valence-electron chi connectivity index (χ4n) is 1.57. The van der Waals surface area contributed by atoms with Gasteiger partial charge in [0.1, 0.15) is 0 Å². The number of ketones is 1. The molecule has 1 aliphatic carbocycles. The molecule has 1 aliphatic rings. The summed E-state index contributed by atoms with van der Waals surface area (Å²) in [4.78, 5) is 13.3. The quantitative estimate of drug-likeness (QED) is 0.555. The maximum atomic E-state index is 11.4. The Bertz CT molecular complexity index is 206. The van der Waals surface area contributed by atoms with Gasteiger partial charge in [0.2, 0.25) is 0 Å². The lowest BCUT2D eigenvalue weighted by Crippen LogP contribution is -2.17. The van der Waals surface area contributed by atoms with E-state index < -0.39 is 0 Å². The first-order valence-electron chi connectivity index (χ1n) is 4.50. The normalized spacial score (nSPS) is 27.8. The minimum atomic E-state index is 0.335. The molecule has 1 atom stereocenters. The van der Waals surface area contributed by atoms with Gasteiger partial charge < -0.3 is 4.90 Å². The van der Waals surface area contributed by atoms with Crippen molar-refractivity contribution in [3.63, 3.8) is 0 Å². The summed E-state index contributed by atoms with van der Waals surface area (Å²) >= 11 is 0. The second-order valence-electron chi connectivity index (χ2n) is 3.89. The van der Waals surface area contributed by atoms with Crippen molar-refractivity contribution >= 4 is 5.78 Å². The Morgan fingerprint density at radius 1 is 1.50 bits per heavy atom. The summed E-state index contributed by atoms with van der Waals surface area (Å²) in [5.41, 5.74) is 0.999. The van der Waals surface area contributed by atoms with Gasteiger partial charge in [-0.2, -0.15) is 0 Å². The molecule has 0 aromatic rings. The van der Waals surface area contributed by atoms with Gasteiger partial charge in [0.15, 0.2) is 5.78 Å². The molecule has 0 saturated heterocycles. The van der Waals surface area contributed by atoms with E-state index in [1.54, 1.807) is 0 Å². The van der Waals surface area contributed by atoms with Crippen molar-refractivity contribution in [2.24, 2.45) is 5.92 Å². The van der Waals surface area contributed by atoms with Crippen LogP contribution in [0.4, 0.5) is 0 Å². The van der Waals surface area contributed by atoms with Crippen LogP contribution in [0.3, 0.4) is 0 Å². The molecule has 2 heteroatoms. The predicted octanol–water partition coefficient (Wildman–Crippen LogP) is 1.82. The number of hydrogen-bond acceptors (Lipinski definition) is 2. The molecule has 1 saturated carbocycles. The first-order chi connectivity index (χ1) is 5.59. The van der Waals surface area contributed by atoms with Crippen molar-refractivity contribution in [1.29, 1.82) is 0 Å². The van der Waals surface area contributed by atoms with E-state index in [2.05, 4.69) is 6.92 Å². The first kappa shape index (κ1) is 9.30. The third-order valence-corrected chi connectivity index (χ3v) is 2.20. The van der Waals surface area contributed by atoms with Gasteiger partial charge in [0.05, 0.1) is 0 Å². The molecule has 1 fully saturated rings. The minimum Gasteiger partial charge on any atom is -0.383 e. The Hall–Kier alpha value is -0.790. The smallest absolute Gasteiger partial charge is 0.160 e. The average molecular weight is 167 g/mol. The van der Waals surface area contributed by atoms with Crippen LogP contribution in [0.15, 0.2) is 11.8 Å². The van der Waals surface area contributed by atoms with Gasteiger partial charge >= 0.3 is 0 Å². The lowest BCUT2D eigenvalue weighted by molar-refractivity contribution is -0.117. The number of rotatable bonds is 1. The van der Waals surface area contributed by atoms with E-state index in [1.807, 2.05) is 25.2 Å². The van der Waals surface area contributed by atoms with Gasteiger partial charge in [-0.05, 0) is 18.8 Å². The van der Waals surface area contributed by atoms with Crippen LogP contribution in [-0.2, 0) is 4.79 Å². The average Bonchev–Trinajstić information content (AvgIpc) is 1.96. The second kappa shape index (κ2) is 3.74. The molecule has 0 bridgehead atoms. The lowest BCUT2D eigenvalue weighted by Gasteiger charge is -2.20. The maximum Gasteiger partial charge on any atom is 0.160 e. The number of carbonyl (C=O) groups excluding carboxylic acids is 1. The van der Waals surface area contributed by atoms with Crippen LogP contribution in [0.1, 0.15) is 26.2 Å². The zero-order valence-corrected chi connectivity index (χ0v) is 8.13. The summed E-state index contributed by atoms with van der Waals surface area (Å²) in [6.45, 7) is 2.20. The van der Waals surface area contributed by atoms with E-state index in [0.29, 0.717) is 11.7 Å². The fourth-order valence-corrected chi connectivity index (χ4v) is 1.57. The van der Waals surface area contributed by atoms with Crippen molar-refractivity contribution in [2.45, 2.75) is 26.2 Å². The molecular weight excluding hydrogens is 150 g/mol. The Kier molecular flexibility index (Phi) is 2.90. The molecule has 0 aromatic carbocycles. The van der Waals surface area contributed by atoms with Crippen LogP contribution < -0.4 is 0 Å². The zero-order valence-electron chi connectivity index (χ0n) is 8.13. The van der Waals surface area contributed by atoms with Gasteiger partial charge in [-0.25, -0.2) is 0 Å². The molecule has 0 amide bonds. The molecule has 2 nitrogen and oxygen atoms in total. The summed E-state index contributed by atoms with van der Waals surface area (Å²) in [5, 5.41) is 0. The highest BCUT2D eigenvalue weighted by molar-refractivity contribution is 5.95. The Morgan fingerprint density at radius 2 is 2.17 bits per heavy atom. The molecular formula is C10H17NO. The van der Waals surface area contributed by atoms with Crippen molar-refractivity contribution in [2.75, 3.05) is 14.1 Å². The molecule has 12 heavy (non-hydrogen) atoms. The SMILES string of the molecule is CC1CCC(=O)/C(=C/N(C)C)C1. The van der Waals surface area contributed by atoms with E-state index in [-0.39, 0.29) is 0 Å². The van der Waals surface area contributed by atoms with Crippen LogP contribution >= 0.6 is 0 Å². The summed E-state index contributed by atoms with van der Waals surface area (Å²) in [6, 6.07) is 0.